The van der Waals surface area contributed by atoms with Crippen LogP contribution in [0.5, 0.6) is 0 Å². The fourth-order valence-electron chi connectivity index (χ4n) is 8.27. The van der Waals surface area contributed by atoms with Gasteiger partial charge in [0.15, 0.2) is 0 Å². The van der Waals surface area contributed by atoms with Gasteiger partial charge < -0.3 is 5.41 Å². The van der Waals surface area contributed by atoms with Crippen molar-refractivity contribution in [3.63, 3.8) is 0 Å². The number of nitrogens with zero attached hydrogens (tertiary/aromatic N) is 3. The summed E-state index contributed by atoms with van der Waals surface area (Å²) in [6.07, 6.45) is 15.4. The van der Waals surface area contributed by atoms with Crippen LogP contribution in [0.1, 0.15) is 23.1 Å². The summed E-state index contributed by atoms with van der Waals surface area (Å²) in [4.78, 5) is 15.1. The summed E-state index contributed by atoms with van der Waals surface area (Å²) in [7, 11) is 0. The van der Waals surface area contributed by atoms with E-state index in [2.05, 4.69) is 126 Å². The first-order valence-electron chi connectivity index (χ1n) is 17.7. The van der Waals surface area contributed by atoms with Crippen molar-refractivity contribution in [1.82, 2.24) is 15.0 Å². The summed E-state index contributed by atoms with van der Waals surface area (Å²) in [5.41, 5.74) is 13.1. The van der Waals surface area contributed by atoms with Crippen LogP contribution in [0, 0.1) is 5.41 Å². The molecular formula is C48H32N4. The van der Waals surface area contributed by atoms with E-state index < -0.39 is 0 Å². The molecule has 0 amide bonds. The molecule has 0 saturated heterocycles. The molecule has 0 unspecified atom stereocenters. The lowest BCUT2D eigenvalue weighted by atomic mass is 9.84. The van der Waals surface area contributed by atoms with Crippen LogP contribution in [-0.4, -0.2) is 21.2 Å². The highest BCUT2D eigenvalue weighted by Crippen LogP contribution is 2.44. The summed E-state index contributed by atoms with van der Waals surface area (Å²) in [5, 5.41) is 15.9. The Labute approximate surface area is 301 Å². The molecule has 0 fully saturated rings. The lowest BCUT2D eigenvalue weighted by Crippen LogP contribution is -2.01. The smallest absolute Gasteiger partial charge is 0.0794 e. The average Bonchev–Trinajstić information content (AvgIpc) is 3.22. The van der Waals surface area contributed by atoms with Gasteiger partial charge in [0.1, 0.15) is 0 Å². The summed E-state index contributed by atoms with van der Waals surface area (Å²) < 4.78 is 0. The van der Waals surface area contributed by atoms with Gasteiger partial charge in [0.25, 0.3) is 0 Å². The van der Waals surface area contributed by atoms with E-state index >= 15 is 0 Å². The van der Waals surface area contributed by atoms with Gasteiger partial charge in [-0.25, -0.2) is 4.98 Å². The van der Waals surface area contributed by atoms with Gasteiger partial charge in [-0.15, -0.1) is 0 Å². The topological polar surface area (TPSA) is 62.5 Å². The summed E-state index contributed by atoms with van der Waals surface area (Å²) >= 11 is 0. The van der Waals surface area contributed by atoms with Crippen molar-refractivity contribution in [1.29, 1.82) is 5.41 Å². The molecule has 3 heterocycles. The molecule has 52 heavy (non-hydrogen) atoms. The Hall–Kier alpha value is -6.78. The predicted molar refractivity (Wildman–Crippen MR) is 219 cm³/mol. The third kappa shape index (κ3) is 4.76. The molecule has 4 heteroatoms. The monoisotopic (exact) mass is 664 g/mol. The largest absolute Gasteiger partial charge is 0.309 e. The second-order valence-electron chi connectivity index (χ2n) is 13.4. The Morgan fingerprint density at radius 1 is 0.577 bits per heavy atom. The molecule has 4 nitrogen and oxygen atoms in total. The maximum atomic E-state index is 7.52. The molecule has 0 aliphatic heterocycles. The van der Waals surface area contributed by atoms with Crippen molar-refractivity contribution in [2.24, 2.45) is 0 Å². The van der Waals surface area contributed by atoms with E-state index in [0.29, 0.717) is 0 Å². The average molecular weight is 665 g/mol. The van der Waals surface area contributed by atoms with Gasteiger partial charge in [-0.3, -0.25) is 9.97 Å². The second-order valence-corrected chi connectivity index (χ2v) is 13.4. The third-order valence-electron chi connectivity index (χ3n) is 10.5. The molecular weight excluding hydrogens is 633 g/mol. The minimum Gasteiger partial charge on any atom is -0.309 e. The second kappa shape index (κ2) is 12.2. The zero-order valence-electron chi connectivity index (χ0n) is 28.3. The van der Waals surface area contributed by atoms with E-state index in [1.165, 1.54) is 44.3 Å². The van der Waals surface area contributed by atoms with Gasteiger partial charge >= 0.3 is 0 Å². The number of para-hydroxylation sites is 1. The molecule has 0 spiro atoms. The maximum absolute atomic E-state index is 7.52. The number of hydrogen-bond donors (Lipinski definition) is 1. The van der Waals surface area contributed by atoms with Crippen molar-refractivity contribution in [2.45, 2.75) is 12.8 Å². The molecule has 244 valence electrons. The number of hydrogen-bond acceptors (Lipinski definition) is 4. The minimum atomic E-state index is 0.915. The van der Waals surface area contributed by atoms with E-state index in [-0.39, 0.29) is 0 Å². The third-order valence-corrected chi connectivity index (χ3v) is 10.5. The number of aromatic nitrogens is 3. The van der Waals surface area contributed by atoms with E-state index in [4.69, 9.17) is 15.4 Å². The van der Waals surface area contributed by atoms with Crippen molar-refractivity contribution in [2.75, 3.05) is 0 Å². The number of fused-ring (bicyclic) bond motifs is 10. The number of rotatable bonds is 5. The normalized spacial score (nSPS) is 12.8. The van der Waals surface area contributed by atoms with Crippen LogP contribution in [0.4, 0.5) is 0 Å². The van der Waals surface area contributed by atoms with Crippen LogP contribution in [0.25, 0.3) is 99.9 Å². The fraction of sp³-hybridized carbons (Fsp3) is 0.0417. The highest BCUT2D eigenvalue weighted by molar-refractivity contribution is 6.24. The van der Waals surface area contributed by atoms with Gasteiger partial charge in [-0.1, -0.05) is 103 Å². The quantitative estimate of drug-likeness (QED) is 0.147. The lowest BCUT2D eigenvalue weighted by molar-refractivity contribution is 1.00. The van der Waals surface area contributed by atoms with Gasteiger partial charge in [0, 0.05) is 51.3 Å². The van der Waals surface area contributed by atoms with Crippen LogP contribution in [-0.2, 0) is 6.42 Å². The SMILES string of the molecule is N=C/C=C\c1cc(-c2ccc(-c3cccc(-c4nc5ccccc5c5c6c(c7ccccc7c45)C=CCC6)c3)c3ncccc23)c2cccnc2c1. The van der Waals surface area contributed by atoms with Crippen LogP contribution < -0.4 is 0 Å². The number of benzene rings is 6. The van der Waals surface area contributed by atoms with Crippen LogP contribution in [0.3, 0.4) is 0 Å². The highest BCUT2D eigenvalue weighted by Gasteiger charge is 2.21. The Bertz CT molecular complexity index is 2990. The molecule has 3 aromatic heterocycles. The van der Waals surface area contributed by atoms with E-state index in [1.807, 2.05) is 30.6 Å². The standard InChI is InChI=1S/C48H32N4/c49-24-8-11-30-27-42(37-19-9-25-50-44(37)28-30)36-23-22-33(48-40(36)20-10-26-51-48)31-12-7-13-32(29-31)47-46-39-17-4-2-15-35(39)34-14-1-3-16-38(34)45(46)41-18-5-6-21-43(41)52-47/h1-2,4-15,17-29,49H,3,16H2/b11-8-,49-24?. The van der Waals surface area contributed by atoms with Gasteiger partial charge in [0.2, 0.25) is 0 Å². The first kappa shape index (κ1) is 30.1. The van der Waals surface area contributed by atoms with Crippen molar-refractivity contribution in [3.8, 4) is 33.5 Å². The Morgan fingerprint density at radius 3 is 2.25 bits per heavy atom. The number of allylic oxidation sites excluding steroid dienone is 2. The molecule has 1 aliphatic rings. The van der Waals surface area contributed by atoms with Gasteiger partial charge in [0.05, 0.1) is 22.2 Å². The fourth-order valence-corrected chi connectivity index (χ4v) is 8.27. The van der Waals surface area contributed by atoms with E-state index in [0.717, 1.165) is 79.2 Å². The van der Waals surface area contributed by atoms with Gasteiger partial charge in [-0.2, -0.15) is 0 Å². The zero-order valence-corrected chi connectivity index (χ0v) is 28.3. The van der Waals surface area contributed by atoms with Crippen LogP contribution >= 0.6 is 0 Å². The van der Waals surface area contributed by atoms with Gasteiger partial charge in [-0.05, 0) is 105 Å². The van der Waals surface area contributed by atoms with Crippen LogP contribution in [0.2, 0.25) is 0 Å². The molecule has 10 rings (SSSR count). The lowest BCUT2D eigenvalue weighted by Gasteiger charge is -2.21. The molecule has 1 N–H and O–H groups in total. The molecule has 6 aromatic carbocycles. The Morgan fingerprint density at radius 2 is 1.35 bits per heavy atom. The molecule has 9 aromatic rings. The predicted octanol–water partition coefficient (Wildman–Crippen LogP) is 12.3. The van der Waals surface area contributed by atoms with Crippen LogP contribution in [0.15, 0.2) is 146 Å². The Balaban J connectivity index is 1.21. The number of aryl methyl sites for hydroxylation is 1. The summed E-state index contributed by atoms with van der Waals surface area (Å²) in [6, 6.07) is 43.2. The molecule has 0 saturated carbocycles. The van der Waals surface area contributed by atoms with Crippen molar-refractivity contribution >= 4 is 72.6 Å². The first-order valence-corrected chi connectivity index (χ1v) is 17.7. The summed E-state index contributed by atoms with van der Waals surface area (Å²) in [6.45, 7) is 0. The molecule has 0 radical (unpaired) electrons. The molecule has 0 atom stereocenters. The zero-order chi connectivity index (χ0) is 34.6. The van der Waals surface area contributed by atoms with Crippen molar-refractivity contribution in [3.05, 3.63) is 163 Å². The molecule has 1 aliphatic carbocycles. The van der Waals surface area contributed by atoms with E-state index in [1.54, 1.807) is 6.08 Å². The molecule has 0 bridgehead atoms. The minimum absolute atomic E-state index is 0.915. The van der Waals surface area contributed by atoms with E-state index in [9.17, 15) is 0 Å². The first-order chi connectivity index (χ1) is 25.8. The maximum Gasteiger partial charge on any atom is 0.0794 e. The Kier molecular flexibility index (Phi) is 7.07. The van der Waals surface area contributed by atoms with Crippen molar-refractivity contribution < 1.29 is 0 Å². The number of pyridine rings is 3. The summed E-state index contributed by atoms with van der Waals surface area (Å²) in [5.74, 6) is 0. The highest BCUT2D eigenvalue weighted by atomic mass is 14.7. The number of nitrogens with one attached hydrogen (secondary N) is 1.